The Balaban J connectivity index is 1.64. The summed E-state index contributed by atoms with van der Waals surface area (Å²) in [5.74, 6) is 1.32. The Morgan fingerprint density at radius 3 is 2.68 bits per heavy atom. The molecule has 2 aromatic carbocycles. The van der Waals surface area contributed by atoms with E-state index in [9.17, 15) is 0 Å². The van der Waals surface area contributed by atoms with Gasteiger partial charge < -0.3 is 10.1 Å². The van der Waals surface area contributed by atoms with E-state index >= 15 is 0 Å². The van der Waals surface area contributed by atoms with Crippen LogP contribution in [0.15, 0.2) is 76.7 Å². The first-order chi connectivity index (χ1) is 12.3. The Morgan fingerprint density at radius 1 is 0.960 bits per heavy atom. The first-order valence-electron chi connectivity index (χ1n) is 7.68. The van der Waals surface area contributed by atoms with Gasteiger partial charge in [-0.05, 0) is 36.4 Å². The van der Waals surface area contributed by atoms with E-state index in [1.54, 1.807) is 23.4 Å². The first-order valence-corrected chi connectivity index (χ1v) is 8.50. The van der Waals surface area contributed by atoms with Gasteiger partial charge in [0.2, 0.25) is 5.95 Å². The third kappa shape index (κ3) is 3.41. The Bertz CT molecular complexity index is 1000. The maximum absolute atomic E-state index is 5.25. The Hall–Kier alpha value is -3.06. The molecule has 2 aromatic heterocycles. The minimum absolute atomic E-state index is 0.554. The topological polar surface area (TPSA) is 64.3 Å². The molecule has 1 N–H and O–H groups in total. The Kier molecular flexibility index (Phi) is 4.22. The number of hydrogen-bond donors (Lipinski definition) is 1. The van der Waals surface area contributed by atoms with E-state index < -0.39 is 0 Å². The van der Waals surface area contributed by atoms with Gasteiger partial charge in [-0.15, -0.1) is 10.2 Å². The highest BCUT2D eigenvalue weighted by molar-refractivity contribution is 7.99. The van der Waals surface area contributed by atoms with Crippen LogP contribution in [0.1, 0.15) is 0 Å². The maximum atomic E-state index is 5.25. The molecule has 0 radical (unpaired) electrons. The summed E-state index contributed by atoms with van der Waals surface area (Å²) in [5.41, 5.74) is 1.54. The number of nitrogens with zero attached hydrogens (tertiary/aromatic N) is 4. The molecule has 0 amide bonds. The average Bonchev–Trinajstić information content (AvgIpc) is 3.05. The second-order valence-corrected chi connectivity index (χ2v) is 6.33. The average molecular weight is 349 g/mol. The maximum Gasteiger partial charge on any atom is 0.250 e. The SMILES string of the molecule is COc1cccc(Nc2nnc3ccc(Sc4ccccc4)nn23)c1. The summed E-state index contributed by atoms with van der Waals surface area (Å²) in [7, 11) is 1.64. The lowest BCUT2D eigenvalue weighted by Crippen LogP contribution is -2.00. The fourth-order valence-electron chi connectivity index (χ4n) is 2.34. The number of methoxy groups -OCH3 is 1. The van der Waals surface area contributed by atoms with Crippen LogP contribution in [0.2, 0.25) is 0 Å². The normalized spacial score (nSPS) is 10.8. The number of nitrogens with one attached hydrogen (secondary N) is 1. The van der Waals surface area contributed by atoms with Crippen molar-refractivity contribution in [1.29, 1.82) is 0 Å². The summed E-state index contributed by atoms with van der Waals surface area (Å²) < 4.78 is 6.94. The van der Waals surface area contributed by atoms with Crippen molar-refractivity contribution in [2.75, 3.05) is 12.4 Å². The molecule has 0 aliphatic heterocycles. The molecule has 0 aliphatic rings. The highest BCUT2D eigenvalue weighted by Crippen LogP contribution is 2.26. The molecule has 4 rings (SSSR count). The summed E-state index contributed by atoms with van der Waals surface area (Å²) in [5, 5.41) is 17.1. The Morgan fingerprint density at radius 2 is 1.84 bits per heavy atom. The molecule has 0 spiro atoms. The summed E-state index contributed by atoms with van der Waals surface area (Å²) in [6.07, 6.45) is 0. The number of hydrogen-bond acceptors (Lipinski definition) is 6. The van der Waals surface area contributed by atoms with E-state index in [-0.39, 0.29) is 0 Å². The molecule has 0 atom stereocenters. The monoisotopic (exact) mass is 349 g/mol. The third-order valence-corrected chi connectivity index (χ3v) is 4.46. The van der Waals surface area contributed by atoms with Crippen LogP contribution in [-0.2, 0) is 0 Å². The van der Waals surface area contributed by atoms with Crippen molar-refractivity contribution in [3.8, 4) is 5.75 Å². The van der Waals surface area contributed by atoms with E-state index in [1.807, 2.05) is 54.6 Å². The second-order valence-electron chi connectivity index (χ2n) is 5.24. The van der Waals surface area contributed by atoms with E-state index in [0.717, 1.165) is 21.4 Å². The van der Waals surface area contributed by atoms with E-state index in [4.69, 9.17) is 4.74 Å². The fourth-order valence-corrected chi connectivity index (χ4v) is 3.14. The molecule has 2 heterocycles. The van der Waals surface area contributed by atoms with Crippen LogP contribution in [0.5, 0.6) is 5.75 Å². The highest BCUT2D eigenvalue weighted by atomic mass is 32.2. The van der Waals surface area contributed by atoms with Crippen molar-refractivity contribution >= 4 is 29.0 Å². The van der Waals surface area contributed by atoms with Crippen molar-refractivity contribution in [1.82, 2.24) is 19.8 Å². The van der Waals surface area contributed by atoms with E-state index in [2.05, 4.69) is 32.7 Å². The predicted molar refractivity (Wildman–Crippen MR) is 97.6 cm³/mol. The smallest absolute Gasteiger partial charge is 0.250 e. The second kappa shape index (κ2) is 6.82. The Labute approximate surface area is 148 Å². The van der Waals surface area contributed by atoms with Gasteiger partial charge in [-0.25, -0.2) is 0 Å². The summed E-state index contributed by atoms with van der Waals surface area (Å²) in [6.45, 7) is 0. The molecule has 0 aliphatic carbocycles. The number of anilines is 2. The summed E-state index contributed by atoms with van der Waals surface area (Å²) in [4.78, 5) is 1.13. The zero-order chi connectivity index (χ0) is 17.1. The molecule has 6 nitrogen and oxygen atoms in total. The molecule has 0 fully saturated rings. The molecule has 7 heteroatoms. The zero-order valence-corrected chi connectivity index (χ0v) is 14.3. The van der Waals surface area contributed by atoms with Crippen LogP contribution < -0.4 is 10.1 Å². The minimum Gasteiger partial charge on any atom is -0.497 e. The lowest BCUT2D eigenvalue weighted by Gasteiger charge is -2.06. The lowest BCUT2D eigenvalue weighted by molar-refractivity contribution is 0.415. The molecule has 25 heavy (non-hydrogen) atoms. The highest BCUT2D eigenvalue weighted by Gasteiger charge is 2.09. The number of benzene rings is 2. The third-order valence-electron chi connectivity index (χ3n) is 3.53. The number of aromatic nitrogens is 4. The van der Waals surface area contributed by atoms with Crippen LogP contribution in [0.4, 0.5) is 11.6 Å². The van der Waals surface area contributed by atoms with Crippen LogP contribution >= 0.6 is 11.8 Å². The summed E-state index contributed by atoms with van der Waals surface area (Å²) in [6, 6.07) is 21.6. The van der Waals surface area contributed by atoms with Crippen molar-refractivity contribution in [3.05, 3.63) is 66.7 Å². The number of rotatable bonds is 5. The van der Waals surface area contributed by atoms with Gasteiger partial charge in [-0.3, -0.25) is 0 Å². The van der Waals surface area contributed by atoms with Crippen molar-refractivity contribution < 1.29 is 4.74 Å². The molecular formula is C18H15N5OS. The molecule has 124 valence electrons. The van der Waals surface area contributed by atoms with Crippen LogP contribution in [0, 0.1) is 0 Å². The van der Waals surface area contributed by atoms with Gasteiger partial charge in [-0.1, -0.05) is 36.0 Å². The van der Waals surface area contributed by atoms with E-state index in [1.165, 1.54) is 0 Å². The van der Waals surface area contributed by atoms with Gasteiger partial charge in [0.05, 0.1) is 7.11 Å². The predicted octanol–water partition coefficient (Wildman–Crippen LogP) is 4.03. The lowest BCUT2D eigenvalue weighted by atomic mass is 10.3. The van der Waals surface area contributed by atoms with Crippen LogP contribution in [-0.4, -0.2) is 26.9 Å². The van der Waals surface area contributed by atoms with Gasteiger partial charge in [-0.2, -0.15) is 9.61 Å². The largest absolute Gasteiger partial charge is 0.497 e. The van der Waals surface area contributed by atoms with Crippen molar-refractivity contribution in [2.24, 2.45) is 0 Å². The summed E-state index contributed by atoms with van der Waals surface area (Å²) >= 11 is 1.59. The number of ether oxygens (including phenoxy) is 1. The molecule has 4 aromatic rings. The van der Waals surface area contributed by atoms with Crippen LogP contribution in [0.25, 0.3) is 5.65 Å². The van der Waals surface area contributed by atoms with Gasteiger partial charge in [0.1, 0.15) is 10.8 Å². The zero-order valence-electron chi connectivity index (χ0n) is 13.5. The van der Waals surface area contributed by atoms with Gasteiger partial charge in [0, 0.05) is 16.6 Å². The van der Waals surface area contributed by atoms with Gasteiger partial charge in [0.25, 0.3) is 0 Å². The molecule has 0 saturated carbocycles. The molecule has 0 saturated heterocycles. The standard InChI is InChI=1S/C18H15N5OS/c1-24-14-7-5-6-13(12-14)19-18-21-20-16-10-11-17(22-23(16)18)25-15-8-3-2-4-9-15/h2-12H,1H3,(H,19,21). The minimum atomic E-state index is 0.554. The molecule has 0 bridgehead atoms. The van der Waals surface area contributed by atoms with Crippen LogP contribution in [0.3, 0.4) is 0 Å². The van der Waals surface area contributed by atoms with Gasteiger partial charge >= 0.3 is 0 Å². The fraction of sp³-hybridized carbons (Fsp3) is 0.0556. The van der Waals surface area contributed by atoms with Gasteiger partial charge in [0.15, 0.2) is 5.65 Å². The quantitative estimate of drug-likeness (QED) is 0.587. The number of fused-ring (bicyclic) bond motifs is 1. The first kappa shape index (κ1) is 15.5. The molecular weight excluding hydrogens is 334 g/mol. The molecule has 0 unspecified atom stereocenters. The van der Waals surface area contributed by atoms with Crippen molar-refractivity contribution in [3.63, 3.8) is 0 Å². The van der Waals surface area contributed by atoms with E-state index in [0.29, 0.717) is 11.6 Å². The van der Waals surface area contributed by atoms with Crippen molar-refractivity contribution in [2.45, 2.75) is 9.92 Å².